The number of hydrogen-bond acceptors (Lipinski definition) is 4. The van der Waals surface area contributed by atoms with Crippen molar-refractivity contribution >= 4 is 39.3 Å². The molecule has 2 heterocycles. The highest BCUT2D eigenvalue weighted by Gasteiger charge is 2.56. The van der Waals surface area contributed by atoms with Crippen molar-refractivity contribution in [3.63, 3.8) is 0 Å². The Kier molecular flexibility index (Phi) is 7.09. The van der Waals surface area contributed by atoms with Gasteiger partial charge in [0.15, 0.2) is 0 Å². The van der Waals surface area contributed by atoms with Crippen LogP contribution in [0.5, 0.6) is 5.75 Å². The molecule has 5 rings (SSSR count). The molecule has 36 heavy (non-hydrogen) atoms. The number of piperidine rings is 1. The number of rotatable bonds is 7. The minimum absolute atomic E-state index is 0.121. The zero-order valence-electron chi connectivity index (χ0n) is 20.8. The molecule has 0 bridgehead atoms. The maximum atomic E-state index is 13.5. The Bertz CT molecular complexity index is 1140. The highest BCUT2D eigenvalue weighted by Crippen LogP contribution is 2.61. The predicted octanol–water partition coefficient (Wildman–Crippen LogP) is 5.17. The van der Waals surface area contributed by atoms with E-state index in [0.717, 1.165) is 42.4 Å². The number of carbonyl (C=O) groups is 2. The normalized spacial score (nSPS) is 21.6. The van der Waals surface area contributed by atoms with Crippen LogP contribution in [0.25, 0.3) is 0 Å². The molecule has 3 fully saturated rings. The Morgan fingerprint density at radius 3 is 2.42 bits per heavy atom. The Labute approximate surface area is 226 Å². The summed E-state index contributed by atoms with van der Waals surface area (Å²) in [5, 5.41) is 0.406. The third-order valence-electron chi connectivity index (χ3n) is 8.22. The van der Waals surface area contributed by atoms with Crippen LogP contribution in [0.3, 0.4) is 0 Å². The van der Waals surface area contributed by atoms with Crippen LogP contribution in [0.1, 0.15) is 41.6 Å². The van der Waals surface area contributed by atoms with E-state index in [4.69, 9.17) is 21.1 Å². The van der Waals surface area contributed by atoms with Crippen LogP contribution < -0.4 is 4.74 Å². The van der Waals surface area contributed by atoms with Gasteiger partial charge in [-0.1, -0.05) is 39.7 Å². The smallest absolute Gasteiger partial charge is 0.254 e. The van der Waals surface area contributed by atoms with Gasteiger partial charge in [0.2, 0.25) is 5.91 Å². The monoisotopic (exact) mass is 574 g/mol. The first-order valence-corrected chi connectivity index (χ1v) is 13.7. The summed E-state index contributed by atoms with van der Waals surface area (Å²) in [5.74, 6) is 1.40. The summed E-state index contributed by atoms with van der Waals surface area (Å²) >= 11 is 9.78. The Balaban J connectivity index is 1.11. The SMILES string of the molecule is CN(C)C(=O)c1ccc(OCCC2CC23CCN(C(=O)C2(c4ccc(Br)cc4)COC2)CC3)cc1Cl. The highest BCUT2D eigenvalue weighted by molar-refractivity contribution is 9.10. The standard InChI is InChI=1S/C28H32BrClN2O4/c1-31(2)25(33)23-8-7-22(15-24(23)30)36-14-9-20-16-27(20)10-12-32(13-11-27)26(34)28(17-35-18-28)19-3-5-21(29)6-4-19/h3-8,15,20H,9-14,16-18H2,1-2H3. The third kappa shape index (κ3) is 4.77. The second-order valence-corrected chi connectivity index (χ2v) is 11.9. The van der Waals surface area contributed by atoms with Crippen LogP contribution in [-0.4, -0.2) is 68.6 Å². The topological polar surface area (TPSA) is 59.1 Å². The summed E-state index contributed by atoms with van der Waals surface area (Å²) in [5.41, 5.74) is 1.34. The molecule has 1 aliphatic carbocycles. The van der Waals surface area contributed by atoms with Gasteiger partial charge >= 0.3 is 0 Å². The van der Waals surface area contributed by atoms with E-state index >= 15 is 0 Å². The summed E-state index contributed by atoms with van der Waals surface area (Å²) in [6, 6.07) is 13.3. The lowest BCUT2D eigenvalue weighted by Crippen LogP contribution is -2.59. The molecule has 1 saturated carbocycles. The zero-order chi connectivity index (χ0) is 25.5. The van der Waals surface area contributed by atoms with Crippen molar-refractivity contribution < 1.29 is 19.1 Å². The van der Waals surface area contributed by atoms with Gasteiger partial charge in [0.05, 0.1) is 30.4 Å². The minimum atomic E-state index is -0.532. The average molecular weight is 576 g/mol. The molecule has 2 aromatic rings. The Hall–Kier alpha value is -2.09. The number of halogens is 2. The van der Waals surface area contributed by atoms with Gasteiger partial charge in [0.25, 0.3) is 5.91 Å². The molecular formula is C28H32BrClN2O4. The summed E-state index contributed by atoms with van der Waals surface area (Å²) in [7, 11) is 3.41. The first-order chi connectivity index (χ1) is 17.2. The van der Waals surface area contributed by atoms with Crippen molar-refractivity contribution in [3.05, 3.63) is 63.1 Å². The van der Waals surface area contributed by atoms with E-state index in [0.29, 0.717) is 47.5 Å². The van der Waals surface area contributed by atoms with E-state index in [1.165, 1.54) is 11.3 Å². The van der Waals surface area contributed by atoms with E-state index < -0.39 is 5.41 Å². The molecule has 1 unspecified atom stereocenters. The van der Waals surface area contributed by atoms with Crippen LogP contribution >= 0.6 is 27.5 Å². The molecule has 0 radical (unpaired) electrons. The lowest BCUT2D eigenvalue weighted by molar-refractivity contribution is -0.158. The Morgan fingerprint density at radius 1 is 1.14 bits per heavy atom. The first kappa shape index (κ1) is 25.6. The predicted molar refractivity (Wildman–Crippen MR) is 143 cm³/mol. The number of ether oxygens (including phenoxy) is 2. The van der Waals surface area contributed by atoms with Crippen molar-refractivity contribution in [2.75, 3.05) is 47.0 Å². The molecule has 3 aliphatic rings. The van der Waals surface area contributed by atoms with Crippen LogP contribution in [0, 0.1) is 11.3 Å². The van der Waals surface area contributed by atoms with Gasteiger partial charge in [-0.05, 0) is 72.9 Å². The molecule has 8 heteroatoms. The molecule has 192 valence electrons. The molecule has 2 amide bonds. The molecule has 1 spiro atoms. The van der Waals surface area contributed by atoms with Gasteiger partial charge in [0.1, 0.15) is 11.2 Å². The van der Waals surface area contributed by atoms with Crippen LogP contribution in [0.2, 0.25) is 5.02 Å². The Morgan fingerprint density at radius 2 is 1.83 bits per heavy atom. The largest absolute Gasteiger partial charge is 0.494 e. The van der Waals surface area contributed by atoms with Gasteiger partial charge in [-0.3, -0.25) is 9.59 Å². The second kappa shape index (κ2) is 9.99. The number of likely N-dealkylation sites (tertiary alicyclic amines) is 1. The molecule has 2 saturated heterocycles. The van der Waals surface area contributed by atoms with Crippen molar-refractivity contribution in [2.45, 2.75) is 31.1 Å². The summed E-state index contributed by atoms with van der Waals surface area (Å²) in [4.78, 5) is 29.3. The van der Waals surface area contributed by atoms with Crippen molar-refractivity contribution in [3.8, 4) is 5.75 Å². The molecule has 1 atom stereocenters. The highest BCUT2D eigenvalue weighted by atomic mass is 79.9. The van der Waals surface area contributed by atoms with Gasteiger partial charge in [-0.2, -0.15) is 0 Å². The van der Waals surface area contributed by atoms with E-state index in [9.17, 15) is 9.59 Å². The molecule has 0 aromatic heterocycles. The van der Waals surface area contributed by atoms with Crippen molar-refractivity contribution in [2.24, 2.45) is 11.3 Å². The molecular weight excluding hydrogens is 544 g/mol. The molecule has 6 nitrogen and oxygen atoms in total. The summed E-state index contributed by atoms with van der Waals surface area (Å²) in [6.45, 7) is 3.17. The van der Waals surface area contributed by atoms with Gasteiger partial charge in [0, 0.05) is 31.7 Å². The number of nitrogens with zero attached hydrogens (tertiary/aromatic N) is 2. The quantitative estimate of drug-likeness (QED) is 0.457. The maximum Gasteiger partial charge on any atom is 0.254 e. The average Bonchev–Trinajstić information content (AvgIpc) is 3.50. The maximum absolute atomic E-state index is 13.5. The van der Waals surface area contributed by atoms with Crippen molar-refractivity contribution in [1.29, 1.82) is 0 Å². The number of carbonyl (C=O) groups excluding carboxylic acids is 2. The van der Waals surface area contributed by atoms with Crippen LogP contribution in [0.15, 0.2) is 46.9 Å². The fourth-order valence-electron chi connectivity index (χ4n) is 5.72. The summed E-state index contributed by atoms with van der Waals surface area (Å²) < 4.78 is 12.5. The van der Waals surface area contributed by atoms with Gasteiger partial charge in [-0.15, -0.1) is 0 Å². The molecule has 2 aromatic carbocycles. The third-order valence-corrected chi connectivity index (χ3v) is 9.06. The van der Waals surface area contributed by atoms with Crippen molar-refractivity contribution in [1.82, 2.24) is 9.80 Å². The van der Waals surface area contributed by atoms with Gasteiger partial charge < -0.3 is 19.3 Å². The molecule has 0 N–H and O–H groups in total. The van der Waals surface area contributed by atoms with Crippen LogP contribution in [0.4, 0.5) is 0 Å². The van der Waals surface area contributed by atoms with E-state index in [1.807, 2.05) is 24.3 Å². The fraction of sp³-hybridized carbons (Fsp3) is 0.500. The van der Waals surface area contributed by atoms with Crippen LogP contribution in [-0.2, 0) is 14.9 Å². The first-order valence-electron chi connectivity index (χ1n) is 12.5. The van der Waals surface area contributed by atoms with E-state index in [1.54, 1.807) is 32.3 Å². The lowest BCUT2D eigenvalue weighted by atomic mass is 9.76. The number of hydrogen-bond donors (Lipinski definition) is 0. The van der Waals surface area contributed by atoms with E-state index in [-0.39, 0.29) is 11.8 Å². The zero-order valence-corrected chi connectivity index (χ0v) is 23.1. The lowest BCUT2D eigenvalue weighted by Gasteiger charge is -2.45. The fourth-order valence-corrected chi connectivity index (χ4v) is 6.23. The number of amides is 2. The number of benzene rings is 2. The summed E-state index contributed by atoms with van der Waals surface area (Å²) in [6.07, 6.45) is 4.29. The minimum Gasteiger partial charge on any atom is -0.494 e. The van der Waals surface area contributed by atoms with E-state index in [2.05, 4.69) is 20.8 Å². The molecule has 2 aliphatic heterocycles. The van der Waals surface area contributed by atoms with Gasteiger partial charge in [-0.25, -0.2) is 0 Å². The second-order valence-electron chi connectivity index (χ2n) is 10.6.